The number of nitrogens with one attached hydrogen (secondary N) is 1. The minimum Gasteiger partial charge on any atom is -0.352 e. The first-order chi connectivity index (χ1) is 15.2. The molecule has 2 aromatic carbocycles. The lowest BCUT2D eigenvalue weighted by molar-refractivity contribution is -0.126. The second kappa shape index (κ2) is 11.0. The average molecular weight is 497 g/mol. The smallest absolute Gasteiger partial charge is 0.224 e. The Morgan fingerprint density at radius 1 is 1.03 bits per heavy atom. The minimum atomic E-state index is -3.57. The number of benzene rings is 2. The fourth-order valence-corrected chi connectivity index (χ4v) is 5.99. The number of nitrogens with zero attached hydrogens (tertiary/aromatic N) is 1. The molecule has 1 aliphatic heterocycles. The number of sulfonamides is 1. The fourth-order valence-electron chi connectivity index (χ4n) is 4.08. The van der Waals surface area contributed by atoms with E-state index in [-0.39, 0.29) is 24.1 Å². The van der Waals surface area contributed by atoms with Gasteiger partial charge in [0.05, 0.1) is 21.7 Å². The average Bonchev–Trinajstić information content (AvgIpc) is 2.79. The highest BCUT2D eigenvalue weighted by Gasteiger charge is 2.32. The lowest BCUT2D eigenvalue weighted by atomic mass is 9.97. The Bertz CT molecular complexity index is 1070. The molecule has 1 amide bonds. The first-order valence-electron chi connectivity index (χ1n) is 11.0. The van der Waals surface area contributed by atoms with Crippen LogP contribution < -0.4 is 5.32 Å². The van der Waals surface area contributed by atoms with Gasteiger partial charge in [0.25, 0.3) is 0 Å². The van der Waals surface area contributed by atoms with Crippen LogP contribution in [0.15, 0.2) is 36.4 Å². The number of amides is 1. The second-order valence-corrected chi connectivity index (χ2v) is 11.0. The van der Waals surface area contributed by atoms with Crippen LogP contribution in [0.5, 0.6) is 0 Å². The fraction of sp³-hybridized carbons (Fsp3) is 0.458. The molecule has 1 atom stereocenters. The van der Waals surface area contributed by atoms with Gasteiger partial charge >= 0.3 is 0 Å². The summed E-state index contributed by atoms with van der Waals surface area (Å²) in [6, 6.07) is 11.2. The molecule has 0 aromatic heterocycles. The van der Waals surface area contributed by atoms with Gasteiger partial charge < -0.3 is 5.32 Å². The molecule has 174 valence electrons. The van der Waals surface area contributed by atoms with Gasteiger partial charge in [-0.05, 0) is 60.1 Å². The summed E-state index contributed by atoms with van der Waals surface area (Å²) in [6.45, 7) is 5.29. The molecule has 3 rings (SSSR count). The summed E-state index contributed by atoms with van der Waals surface area (Å²) in [7, 11) is -3.57. The summed E-state index contributed by atoms with van der Waals surface area (Å²) >= 11 is 12.0. The predicted octanol–water partition coefficient (Wildman–Crippen LogP) is 4.98. The van der Waals surface area contributed by atoms with Crippen molar-refractivity contribution in [3.63, 3.8) is 0 Å². The van der Waals surface area contributed by atoms with E-state index in [1.54, 1.807) is 18.2 Å². The zero-order chi connectivity index (χ0) is 23.3. The first-order valence-corrected chi connectivity index (χ1v) is 13.4. The summed E-state index contributed by atoms with van der Waals surface area (Å²) in [5, 5.41) is 3.75. The molecule has 5 nitrogen and oxygen atoms in total. The molecule has 0 spiro atoms. The molecular formula is C24H30Cl2N2O3S. The van der Waals surface area contributed by atoms with E-state index in [1.807, 2.05) is 0 Å². The molecule has 1 N–H and O–H groups in total. The van der Waals surface area contributed by atoms with Gasteiger partial charge in [-0.3, -0.25) is 4.79 Å². The number of halogens is 2. The number of piperidine rings is 1. The number of carbonyl (C=O) groups is 1. The van der Waals surface area contributed by atoms with Crippen LogP contribution in [0.1, 0.15) is 48.9 Å². The lowest BCUT2D eigenvalue weighted by Gasteiger charge is -2.31. The van der Waals surface area contributed by atoms with Crippen molar-refractivity contribution in [2.24, 2.45) is 5.92 Å². The molecule has 1 unspecified atom stereocenters. The second-order valence-electron chi connectivity index (χ2n) is 8.23. The van der Waals surface area contributed by atoms with E-state index in [0.717, 1.165) is 18.4 Å². The van der Waals surface area contributed by atoms with E-state index >= 15 is 0 Å². The van der Waals surface area contributed by atoms with Crippen molar-refractivity contribution in [1.82, 2.24) is 9.62 Å². The van der Waals surface area contributed by atoms with Gasteiger partial charge in [-0.2, -0.15) is 0 Å². The van der Waals surface area contributed by atoms with Crippen molar-refractivity contribution in [1.29, 1.82) is 0 Å². The van der Waals surface area contributed by atoms with Crippen molar-refractivity contribution in [2.45, 2.75) is 51.8 Å². The first kappa shape index (κ1) is 25.0. The van der Waals surface area contributed by atoms with Crippen molar-refractivity contribution < 1.29 is 13.2 Å². The Labute approximate surface area is 201 Å². The predicted molar refractivity (Wildman–Crippen MR) is 130 cm³/mol. The molecule has 0 aliphatic carbocycles. The number of hydrogen-bond donors (Lipinski definition) is 1. The van der Waals surface area contributed by atoms with Crippen LogP contribution in [0.25, 0.3) is 0 Å². The van der Waals surface area contributed by atoms with E-state index < -0.39 is 10.0 Å². The highest BCUT2D eigenvalue weighted by molar-refractivity contribution is 7.88. The SMILES string of the molecule is CCc1ccc(CC)c(CNC(=O)C2CCCN(S(=O)(=O)Cc3ccc(Cl)c(Cl)c3)C2)c1. The quantitative estimate of drug-likeness (QED) is 0.560. The van der Waals surface area contributed by atoms with Gasteiger partial charge in [0.1, 0.15) is 0 Å². The van der Waals surface area contributed by atoms with Crippen LogP contribution in [-0.4, -0.2) is 31.7 Å². The Hall–Kier alpha value is -1.60. The minimum absolute atomic E-state index is 0.0941. The van der Waals surface area contributed by atoms with Crippen molar-refractivity contribution >= 4 is 39.1 Å². The standard InChI is InChI=1S/C24H30Cl2N2O3S/c1-3-17-7-9-19(4-2)21(12-17)14-27-24(29)20-6-5-11-28(15-20)32(30,31)16-18-8-10-22(25)23(26)13-18/h7-10,12-13,20H,3-6,11,14-16H2,1-2H3,(H,27,29). The molecule has 1 fully saturated rings. The summed E-state index contributed by atoms with van der Waals surface area (Å²) in [5.41, 5.74) is 4.16. The third-order valence-electron chi connectivity index (χ3n) is 5.99. The van der Waals surface area contributed by atoms with E-state index in [2.05, 4.69) is 37.4 Å². The van der Waals surface area contributed by atoms with Gasteiger partial charge in [0.2, 0.25) is 15.9 Å². The largest absolute Gasteiger partial charge is 0.352 e. The highest BCUT2D eigenvalue weighted by Crippen LogP contribution is 2.26. The number of hydrogen-bond acceptors (Lipinski definition) is 3. The zero-order valence-corrected chi connectivity index (χ0v) is 20.9. The Kier molecular flexibility index (Phi) is 8.62. The number of aryl methyl sites for hydroxylation is 2. The summed E-state index contributed by atoms with van der Waals surface area (Å²) in [6.07, 6.45) is 3.18. The van der Waals surface area contributed by atoms with E-state index in [0.29, 0.717) is 41.5 Å². The third-order valence-corrected chi connectivity index (χ3v) is 8.55. The maximum atomic E-state index is 13.0. The van der Waals surface area contributed by atoms with Gasteiger partial charge in [0.15, 0.2) is 0 Å². The molecule has 1 saturated heterocycles. The summed E-state index contributed by atoms with van der Waals surface area (Å²) in [5.74, 6) is -0.614. The van der Waals surface area contributed by atoms with Gasteiger partial charge in [-0.1, -0.05) is 61.3 Å². The molecule has 1 heterocycles. The summed E-state index contributed by atoms with van der Waals surface area (Å²) < 4.78 is 27.4. The van der Waals surface area contributed by atoms with Crippen LogP contribution in [0.4, 0.5) is 0 Å². The molecule has 0 radical (unpaired) electrons. The van der Waals surface area contributed by atoms with Crippen molar-refractivity contribution in [3.8, 4) is 0 Å². The number of rotatable bonds is 8. The molecule has 0 bridgehead atoms. The van der Waals surface area contributed by atoms with E-state index in [4.69, 9.17) is 23.2 Å². The van der Waals surface area contributed by atoms with Crippen molar-refractivity contribution in [2.75, 3.05) is 13.1 Å². The van der Waals surface area contributed by atoms with Crippen LogP contribution >= 0.6 is 23.2 Å². The Morgan fingerprint density at radius 3 is 2.47 bits per heavy atom. The van der Waals surface area contributed by atoms with Crippen molar-refractivity contribution in [3.05, 3.63) is 68.7 Å². The Balaban J connectivity index is 1.63. The molecular weight excluding hydrogens is 467 g/mol. The van der Waals surface area contributed by atoms with E-state index in [1.165, 1.54) is 15.4 Å². The topological polar surface area (TPSA) is 66.5 Å². The molecule has 32 heavy (non-hydrogen) atoms. The monoisotopic (exact) mass is 496 g/mol. The van der Waals surface area contributed by atoms with Crippen LogP contribution in [0, 0.1) is 5.92 Å². The lowest BCUT2D eigenvalue weighted by Crippen LogP contribution is -2.45. The maximum absolute atomic E-state index is 13.0. The summed E-state index contributed by atoms with van der Waals surface area (Å²) in [4.78, 5) is 12.9. The molecule has 2 aromatic rings. The van der Waals surface area contributed by atoms with Gasteiger partial charge in [-0.25, -0.2) is 12.7 Å². The van der Waals surface area contributed by atoms with Gasteiger partial charge in [0, 0.05) is 19.6 Å². The third kappa shape index (κ3) is 6.25. The van der Waals surface area contributed by atoms with E-state index in [9.17, 15) is 13.2 Å². The van der Waals surface area contributed by atoms with Crippen LogP contribution in [0.3, 0.4) is 0 Å². The maximum Gasteiger partial charge on any atom is 0.224 e. The molecule has 0 saturated carbocycles. The number of carbonyl (C=O) groups excluding carboxylic acids is 1. The molecule has 8 heteroatoms. The van der Waals surface area contributed by atoms with Gasteiger partial charge in [-0.15, -0.1) is 0 Å². The van der Waals surface area contributed by atoms with Crippen LogP contribution in [-0.2, 0) is 40.0 Å². The Morgan fingerprint density at radius 2 is 1.78 bits per heavy atom. The zero-order valence-electron chi connectivity index (χ0n) is 18.5. The highest BCUT2D eigenvalue weighted by atomic mass is 35.5. The van der Waals surface area contributed by atoms with Crippen LogP contribution in [0.2, 0.25) is 10.0 Å². The molecule has 1 aliphatic rings. The normalized spacial score (nSPS) is 17.3.